The summed E-state index contributed by atoms with van der Waals surface area (Å²) < 4.78 is 8.56. The van der Waals surface area contributed by atoms with Crippen molar-refractivity contribution in [2.45, 2.75) is 52.1 Å². The summed E-state index contributed by atoms with van der Waals surface area (Å²) in [5.41, 5.74) is 5.97. The Kier molecular flexibility index (Phi) is 5.53. The van der Waals surface area contributed by atoms with Gasteiger partial charge >= 0.3 is 0 Å². The fourth-order valence-corrected chi connectivity index (χ4v) is 5.43. The van der Waals surface area contributed by atoms with E-state index in [1.807, 2.05) is 18.3 Å². The first-order valence-corrected chi connectivity index (χ1v) is 11.8. The first kappa shape index (κ1) is 21.4. The Hall–Kier alpha value is -3.40. The van der Waals surface area contributed by atoms with Crippen LogP contribution in [0.1, 0.15) is 50.8 Å². The molecule has 4 heteroatoms. The van der Waals surface area contributed by atoms with Crippen LogP contribution in [-0.2, 0) is 11.3 Å². The van der Waals surface area contributed by atoms with Crippen LogP contribution in [0.15, 0.2) is 91.3 Å². The van der Waals surface area contributed by atoms with Crippen LogP contribution < -0.4 is 9.88 Å². The van der Waals surface area contributed by atoms with Crippen molar-refractivity contribution in [1.82, 2.24) is 10.3 Å². The molecule has 2 bridgehead atoms. The molecule has 1 unspecified atom stereocenters. The van der Waals surface area contributed by atoms with E-state index in [4.69, 9.17) is 4.74 Å². The summed E-state index contributed by atoms with van der Waals surface area (Å²) in [5, 5.41) is 3.50. The molecule has 1 aliphatic carbocycles. The van der Waals surface area contributed by atoms with Gasteiger partial charge in [-0.05, 0) is 36.8 Å². The molecule has 2 aromatic heterocycles. The molecule has 6 rings (SSSR count). The number of pyridine rings is 2. The molecule has 1 N–H and O–H groups in total. The summed E-state index contributed by atoms with van der Waals surface area (Å²) in [6.45, 7) is 11.9. The van der Waals surface area contributed by atoms with Gasteiger partial charge in [0.1, 0.15) is 5.76 Å². The number of aromatic nitrogens is 2. The fourth-order valence-electron chi connectivity index (χ4n) is 5.43. The maximum absolute atomic E-state index is 6.18. The highest BCUT2D eigenvalue weighted by molar-refractivity contribution is 5.70. The van der Waals surface area contributed by atoms with Crippen molar-refractivity contribution >= 4 is 5.57 Å². The van der Waals surface area contributed by atoms with Crippen molar-refractivity contribution in [3.05, 3.63) is 103 Å². The van der Waals surface area contributed by atoms with Crippen LogP contribution >= 0.6 is 0 Å². The van der Waals surface area contributed by atoms with Crippen LogP contribution in [0.5, 0.6) is 0 Å². The zero-order chi connectivity index (χ0) is 23.0. The number of hydrogen-bond acceptors (Lipinski definition) is 3. The van der Waals surface area contributed by atoms with Crippen molar-refractivity contribution in [3.63, 3.8) is 0 Å². The minimum absolute atomic E-state index is 0.0643. The second-order valence-electron chi connectivity index (χ2n) is 9.72. The number of rotatable bonds is 5. The molecular formula is C29H32N3O+. The molecule has 4 nitrogen and oxygen atoms in total. The third-order valence-electron chi connectivity index (χ3n) is 7.14. The van der Waals surface area contributed by atoms with Gasteiger partial charge in [-0.15, -0.1) is 0 Å². The summed E-state index contributed by atoms with van der Waals surface area (Å²) in [5.74, 6) is 2.02. The van der Waals surface area contributed by atoms with E-state index in [0.717, 1.165) is 30.8 Å². The molecule has 0 radical (unpaired) electrons. The second kappa shape index (κ2) is 8.51. The Morgan fingerprint density at radius 3 is 2.73 bits per heavy atom. The Morgan fingerprint density at radius 1 is 1.12 bits per heavy atom. The maximum Gasteiger partial charge on any atom is 0.212 e. The summed E-state index contributed by atoms with van der Waals surface area (Å²) in [6, 6.07) is 21.5. The highest BCUT2D eigenvalue weighted by Gasteiger charge is 2.46. The van der Waals surface area contributed by atoms with Gasteiger partial charge in [0.25, 0.3) is 0 Å². The van der Waals surface area contributed by atoms with Crippen LogP contribution in [0, 0.1) is 5.41 Å². The zero-order valence-electron chi connectivity index (χ0n) is 19.7. The molecule has 4 heterocycles. The molecule has 0 saturated carbocycles. The zero-order valence-corrected chi connectivity index (χ0v) is 19.7. The van der Waals surface area contributed by atoms with E-state index in [-0.39, 0.29) is 5.41 Å². The Labute approximate surface area is 196 Å². The third-order valence-corrected chi connectivity index (χ3v) is 7.14. The van der Waals surface area contributed by atoms with Gasteiger partial charge in [-0.2, -0.15) is 4.57 Å². The molecular weight excluding hydrogens is 406 g/mol. The Bertz CT molecular complexity index is 1210. The predicted molar refractivity (Wildman–Crippen MR) is 132 cm³/mol. The number of nitrogens with one attached hydrogen (secondary N) is 1. The van der Waals surface area contributed by atoms with E-state index in [2.05, 4.69) is 96.9 Å². The number of fused-ring (bicyclic) bond motifs is 4. The summed E-state index contributed by atoms with van der Waals surface area (Å²) >= 11 is 0. The smallest absolute Gasteiger partial charge is 0.212 e. The first-order chi connectivity index (χ1) is 15.9. The molecule has 1 aromatic carbocycles. The van der Waals surface area contributed by atoms with Gasteiger partial charge in [-0.25, -0.2) is 0 Å². The third kappa shape index (κ3) is 3.95. The van der Waals surface area contributed by atoms with E-state index in [1.165, 1.54) is 22.4 Å². The average molecular weight is 439 g/mol. The van der Waals surface area contributed by atoms with E-state index in [0.29, 0.717) is 17.8 Å². The van der Waals surface area contributed by atoms with Crippen LogP contribution in [0.3, 0.4) is 0 Å². The largest absolute Gasteiger partial charge is 0.446 e. The number of allylic oxidation sites excluding steroid dienone is 1. The second-order valence-corrected chi connectivity index (χ2v) is 9.72. The highest BCUT2D eigenvalue weighted by atomic mass is 16.5. The quantitative estimate of drug-likeness (QED) is 0.509. The van der Waals surface area contributed by atoms with E-state index < -0.39 is 0 Å². The fraction of sp³-hybridized carbons (Fsp3) is 0.310. The highest BCUT2D eigenvalue weighted by Crippen LogP contribution is 2.48. The average Bonchev–Trinajstić information content (AvgIpc) is 3.07. The lowest BCUT2D eigenvalue weighted by molar-refractivity contribution is -0.701. The van der Waals surface area contributed by atoms with Crippen molar-refractivity contribution in [2.24, 2.45) is 5.41 Å². The van der Waals surface area contributed by atoms with E-state index in [1.54, 1.807) is 0 Å². The molecule has 0 spiro atoms. The van der Waals surface area contributed by atoms with Gasteiger partial charge in [-0.3, -0.25) is 4.98 Å². The number of nitrogens with zero attached hydrogens (tertiary/aromatic N) is 2. The van der Waals surface area contributed by atoms with Crippen molar-refractivity contribution < 1.29 is 9.30 Å². The molecule has 1 fully saturated rings. The van der Waals surface area contributed by atoms with Gasteiger partial charge in [0.2, 0.25) is 5.69 Å². The summed E-state index contributed by atoms with van der Waals surface area (Å²) in [7, 11) is 0. The molecule has 0 amide bonds. The lowest BCUT2D eigenvalue weighted by Gasteiger charge is -2.37. The molecule has 1 saturated heterocycles. The molecule has 2 aliphatic heterocycles. The van der Waals surface area contributed by atoms with E-state index in [9.17, 15) is 0 Å². The monoisotopic (exact) mass is 438 g/mol. The number of hydrogen-bond donors (Lipinski definition) is 1. The van der Waals surface area contributed by atoms with Gasteiger partial charge in [0, 0.05) is 47.7 Å². The molecule has 3 aliphatic rings. The molecule has 33 heavy (non-hydrogen) atoms. The lowest BCUT2D eigenvalue weighted by Crippen LogP contribution is -2.46. The number of ether oxygens (including phenoxy) is 1. The van der Waals surface area contributed by atoms with Crippen molar-refractivity contribution in [1.29, 1.82) is 0 Å². The molecule has 168 valence electrons. The van der Waals surface area contributed by atoms with Crippen LogP contribution in [-0.4, -0.2) is 11.0 Å². The van der Waals surface area contributed by atoms with Crippen molar-refractivity contribution in [3.8, 4) is 11.3 Å². The Morgan fingerprint density at radius 2 is 1.91 bits per heavy atom. The maximum atomic E-state index is 6.18. The van der Waals surface area contributed by atoms with Gasteiger partial charge < -0.3 is 10.1 Å². The van der Waals surface area contributed by atoms with E-state index >= 15 is 0 Å². The Balaban J connectivity index is 1.54. The van der Waals surface area contributed by atoms with Gasteiger partial charge in [0.05, 0.1) is 11.3 Å². The van der Waals surface area contributed by atoms with Crippen LogP contribution in [0.4, 0.5) is 0 Å². The molecule has 3 aromatic rings. The first-order valence-electron chi connectivity index (χ1n) is 11.8. The predicted octanol–water partition coefficient (Wildman–Crippen LogP) is 5.83. The number of benzene rings is 1. The van der Waals surface area contributed by atoms with Gasteiger partial charge in [0.15, 0.2) is 18.6 Å². The van der Waals surface area contributed by atoms with Crippen molar-refractivity contribution in [2.75, 3.05) is 0 Å². The van der Waals surface area contributed by atoms with Crippen LogP contribution in [0.2, 0.25) is 0 Å². The molecule has 2 atom stereocenters. The lowest BCUT2D eigenvalue weighted by atomic mass is 9.70. The standard InChI is InChI=1S/C29H32N3O/c1-20(22-11-5-6-12-23(22)24-13-7-9-17-30-24)19-32-18-10-8-14-25(32)28-26-15-16-27(29(28,3)4)31-21(2)33-26/h5-14,17-18,20,27,31H,2,15-16,19H2,1,3-4H3/q+1/t20?,27-/m0/s1. The van der Waals surface area contributed by atoms with Gasteiger partial charge in [-0.1, -0.05) is 51.1 Å². The summed E-state index contributed by atoms with van der Waals surface area (Å²) in [6.07, 6.45) is 6.05. The minimum atomic E-state index is -0.0643. The normalized spacial score (nSPS) is 20.1. The summed E-state index contributed by atoms with van der Waals surface area (Å²) in [4.78, 5) is 4.61. The SMILES string of the molecule is C=C1N[C@H]2CCC(=C(c3cccc[n+]3CC(C)c3ccccc3-c3ccccn3)C2(C)C)O1. The van der Waals surface area contributed by atoms with Crippen LogP contribution in [0.25, 0.3) is 16.8 Å². The minimum Gasteiger partial charge on any atom is -0.446 e. The topological polar surface area (TPSA) is 38.0 Å².